The number of nitrogens with zero attached hydrogens (tertiary/aromatic N) is 1. The van der Waals surface area contributed by atoms with Crippen molar-refractivity contribution in [3.8, 4) is 11.5 Å². The second-order valence-electron chi connectivity index (χ2n) is 7.63. The second-order valence-corrected chi connectivity index (χ2v) is 7.63. The number of anilines is 2. The Bertz CT molecular complexity index is 969. The van der Waals surface area contributed by atoms with Gasteiger partial charge in [0.1, 0.15) is 11.5 Å². The number of nitrogens with one attached hydrogen (secondary N) is 2. The van der Waals surface area contributed by atoms with Crippen LogP contribution in [0.2, 0.25) is 0 Å². The van der Waals surface area contributed by atoms with Gasteiger partial charge in [-0.25, -0.2) is 0 Å². The molecule has 0 aromatic heterocycles. The average Bonchev–Trinajstić information content (AvgIpc) is 2.70. The molecule has 0 saturated heterocycles. The molecule has 5 nitrogen and oxygen atoms in total. The molecule has 150 valence electrons. The normalized spacial score (nSPS) is 12.6. The van der Waals surface area contributed by atoms with Gasteiger partial charge < -0.3 is 25.7 Å². The summed E-state index contributed by atoms with van der Waals surface area (Å²) < 4.78 is 0. The second kappa shape index (κ2) is 8.57. The number of phenols is 2. The monoisotopic (exact) mass is 381 g/mol. The lowest BCUT2D eigenvalue weighted by Gasteiger charge is -2.24. The third-order valence-corrected chi connectivity index (χ3v) is 5.31. The van der Waals surface area contributed by atoms with Gasteiger partial charge in [-0.15, -0.1) is 0 Å². The van der Waals surface area contributed by atoms with Gasteiger partial charge in [0.15, 0.2) is 0 Å². The number of aromatic hydroxyl groups is 2. The van der Waals surface area contributed by atoms with E-state index in [1.807, 2.05) is 43.4 Å². The van der Waals surface area contributed by atoms with Crippen LogP contribution in [-0.2, 0) is 0 Å². The van der Waals surface area contributed by atoms with Gasteiger partial charge in [0, 0.05) is 35.2 Å². The van der Waals surface area contributed by atoms with E-state index in [2.05, 4.69) is 36.6 Å². The molecular weight excluding hydrogens is 350 g/mol. The summed E-state index contributed by atoms with van der Waals surface area (Å²) in [7, 11) is 5.98. The molecule has 0 aliphatic heterocycles. The molecule has 1 atom stereocenters. The first-order valence-electron chi connectivity index (χ1n) is 9.96. The molecule has 0 fully saturated rings. The summed E-state index contributed by atoms with van der Waals surface area (Å²) in [6.45, 7) is 3.17. The number of hydrogen-bond acceptors (Lipinski definition) is 5. The van der Waals surface area contributed by atoms with Crippen molar-refractivity contribution in [2.45, 2.75) is 32.2 Å². The first-order valence-corrected chi connectivity index (χ1v) is 9.96. The van der Waals surface area contributed by atoms with E-state index < -0.39 is 0 Å². The Morgan fingerprint density at radius 1 is 0.893 bits per heavy atom. The van der Waals surface area contributed by atoms with E-state index in [9.17, 15) is 10.2 Å². The van der Waals surface area contributed by atoms with Crippen molar-refractivity contribution in [3.63, 3.8) is 0 Å². The van der Waals surface area contributed by atoms with Gasteiger partial charge in [0.25, 0.3) is 0 Å². The van der Waals surface area contributed by atoms with Crippen LogP contribution in [0.5, 0.6) is 11.5 Å². The summed E-state index contributed by atoms with van der Waals surface area (Å²) in [5.74, 6) is 0.391. The highest BCUT2D eigenvalue weighted by atomic mass is 16.3. The van der Waals surface area contributed by atoms with Crippen molar-refractivity contribution in [2.24, 2.45) is 0 Å². The van der Waals surface area contributed by atoms with E-state index in [-0.39, 0.29) is 11.5 Å². The molecule has 0 spiro atoms. The van der Waals surface area contributed by atoms with Gasteiger partial charge in [0.05, 0.1) is 10.8 Å². The summed E-state index contributed by atoms with van der Waals surface area (Å²) in [6, 6.07) is 11.7. The van der Waals surface area contributed by atoms with Crippen molar-refractivity contribution in [2.75, 3.05) is 38.3 Å². The molecule has 5 heteroatoms. The molecule has 28 heavy (non-hydrogen) atoms. The minimum absolute atomic E-state index is 0.191. The molecular formula is C23H31N3O2. The fourth-order valence-corrected chi connectivity index (χ4v) is 3.86. The average molecular weight is 382 g/mol. The summed E-state index contributed by atoms with van der Waals surface area (Å²) >= 11 is 0. The molecule has 3 rings (SSSR count). The Kier molecular flexibility index (Phi) is 6.15. The Balaban J connectivity index is 2.17. The highest BCUT2D eigenvalue weighted by Crippen LogP contribution is 2.47. The lowest BCUT2D eigenvalue weighted by molar-refractivity contribution is 0.381. The molecule has 3 aromatic carbocycles. The van der Waals surface area contributed by atoms with Gasteiger partial charge in [0.2, 0.25) is 0 Å². The van der Waals surface area contributed by atoms with Crippen LogP contribution in [0.3, 0.4) is 0 Å². The van der Waals surface area contributed by atoms with Crippen LogP contribution < -0.4 is 10.6 Å². The topological polar surface area (TPSA) is 67.8 Å². The Hall–Kier alpha value is -2.66. The molecule has 0 bridgehead atoms. The number of phenolic OH excluding ortho intramolecular Hbond substituents is 2. The highest BCUT2D eigenvalue weighted by molar-refractivity contribution is 6.18. The third-order valence-electron chi connectivity index (χ3n) is 5.31. The molecule has 3 aromatic rings. The van der Waals surface area contributed by atoms with Gasteiger partial charge in [-0.2, -0.15) is 0 Å². The van der Waals surface area contributed by atoms with Gasteiger partial charge in [-0.05, 0) is 45.6 Å². The lowest BCUT2D eigenvalue weighted by Crippen LogP contribution is -2.25. The van der Waals surface area contributed by atoms with Crippen LogP contribution >= 0.6 is 0 Å². The molecule has 4 N–H and O–H groups in total. The predicted octanol–water partition coefficient (Wildman–Crippen LogP) is 4.98. The standard InChI is InChI=1S/C23H31N3O2/c1-5-8-15(13-14-26(3)4)25-19-12-11-18(24-2)20-21(19)23(28)17-10-7-6-9-16(17)22(20)27/h6-7,9-12,15,24-25,27-28H,5,8,13-14H2,1-4H3. The molecule has 0 radical (unpaired) electrons. The van der Waals surface area contributed by atoms with Crippen molar-refractivity contribution < 1.29 is 10.2 Å². The van der Waals surface area contributed by atoms with Crippen LogP contribution in [0, 0.1) is 0 Å². The zero-order valence-corrected chi connectivity index (χ0v) is 17.2. The van der Waals surface area contributed by atoms with Crippen molar-refractivity contribution in [1.29, 1.82) is 0 Å². The number of fused-ring (bicyclic) bond motifs is 2. The maximum atomic E-state index is 11.1. The van der Waals surface area contributed by atoms with Crippen LogP contribution in [0.1, 0.15) is 26.2 Å². The molecule has 0 amide bonds. The van der Waals surface area contributed by atoms with Crippen molar-refractivity contribution in [3.05, 3.63) is 36.4 Å². The first kappa shape index (κ1) is 20.1. The van der Waals surface area contributed by atoms with E-state index in [4.69, 9.17) is 0 Å². The summed E-state index contributed by atoms with van der Waals surface area (Å²) in [5.41, 5.74) is 1.64. The van der Waals surface area contributed by atoms with Crippen LogP contribution in [0.15, 0.2) is 36.4 Å². The Labute approximate surface area is 167 Å². The maximum absolute atomic E-state index is 11.1. The number of benzene rings is 3. The van der Waals surface area contributed by atoms with Crippen LogP contribution in [0.25, 0.3) is 21.5 Å². The Morgan fingerprint density at radius 3 is 2.00 bits per heavy atom. The highest BCUT2D eigenvalue weighted by Gasteiger charge is 2.20. The fraction of sp³-hybridized carbons (Fsp3) is 0.391. The largest absolute Gasteiger partial charge is 0.507 e. The smallest absolute Gasteiger partial charge is 0.133 e. The maximum Gasteiger partial charge on any atom is 0.133 e. The predicted molar refractivity (Wildman–Crippen MR) is 120 cm³/mol. The van der Waals surface area contributed by atoms with Gasteiger partial charge >= 0.3 is 0 Å². The summed E-state index contributed by atoms with van der Waals surface area (Å²) in [4.78, 5) is 2.18. The van der Waals surface area contributed by atoms with E-state index in [0.29, 0.717) is 27.6 Å². The lowest BCUT2D eigenvalue weighted by atomic mass is 9.97. The minimum atomic E-state index is 0.191. The van der Waals surface area contributed by atoms with Crippen molar-refractivity contribution >= 4 is 32.9 Å². The Morgan fingerprint density at radius 2 is 1.46 bits per heavy atom. The zero-order chi connectivity index (χ0) is 20.3. The third kappa shape index (κ3) is 3.80. The molecule has 0 aliphatic rings. The SMILES string of the molecule is CCCC(CCN(C)C)Nc1ccc(NC)c2c(O)c3ccccc3c(O)c12. The summed E-state index contributed by atoms with van der Waals surface area (Å²) in [6.07, 6.45) is 3.14. The van der Waals surface area contributed by atoms with Gasteiger partial charge in [-0.1, -0.05) is 37.6 Å². The zero-order valence-electron chi connectivity index (χ0n) is 17.2. The van der Waals surface area contributed by atoms with Crippen LogP contribution in [-0.4, -0.2) is 48.8 Å². The minimum Gasteiger partial charge on any atom is -0.507 e. The summed E-state index contributed by atoms with van der Waals surface area (Å²) in [5, 5.41) is 31.5. The number of hydrogen-bond donors (Lipinski definition) is 4. The fourth-order valence-electron chi connectivity index (χ4n) is 3.86. The molecule has 0 heterocycles. The number of rotatable bonds is 8. The van der Waals surface area contributed by atoms with Crippen LogP contribution in [0.4, 0.5) is 11.4 Å². The van der Waals surface area contributed by atoms with Crippen molar-refractivity contribution in [1.82, 2.24) is 4.90 Å². The molecule has 1 unspecified atom stereocenters. The molecule has 0 saturated carbocycles. The first-order chi connectivity index (χ1) is 13.5. The molecule has 0 aliphatic carbocycles. The van der Waals surface area contributed by atoms with E-state index in [0.717, 1.165) is 37.2 Å². The van der Waals surface area contributed by atoms with E-state index in [1.165, 1.54) is 0 Å². The van der Waals surface area contributed by atoms with E-state index >= 15 is 0 Å². The quantitative estimate of drug-likeness (QED) is 0.327. The van der Waals surface area contributed by atoms with Gasteiger partial charge in [-0.3, -0.25) is 0 Å². The van der Waals surface area contributed by atoms with E-state index in [1.54, 1.807) is 0 Å².